The molecule has 0 radical (unpaired) electrons. The predicted octanol–water partition coefficient (Wildman–Crippen LogP) is 2.86. The fraction of sp³-hybridized carbons (Fsp3) is 0.520. The predicted molar refractivity (Wildman–Crippen MR) is 136 cm³/mol. The van der Waals surface area contributed by atoms with Gasteiger partial charge in [-0.05, 0) is 44.4 Å². The normalized spacial score (nSPS) is 22.2. The minimum Gasteiger partial charge on any atom is -0.336 e. The summed E-state index contributed by atoms with van der Waals surface area (Å²) in [5.41, 5.74) is 5.77. The summed E-state index contributed by atoms with van der Waals surface area (Å²) in [6.07, 6.45) is 1.18. The number of carbonyl (C=O) groups excluding carboxylic acids is 1. The molecule has 4 heterocycles. The van der Waals surface area contributed by atoms with E-state index in [0.717, 1.165) is 31.7 Å². The van der Waals surface area contributed by atoms with Crippen molar-refractivity contribution in [3.63, 3.8) is 0 Å². The molecule has 1 amide bonds. The first kappa shape index (κ1) is 25.8. The molecule has 1 N–H and O–H groups in total. The van der Waals surface area contributed by atoms with Gasteiger partial charge in [0.15, 0.2) is 0 Å². The van der Waals surface area contributed by atoms with Gasteiger partial charge in [0.2, 0.25) is 5.91 Å². The molecule has 0 spiro atoms. The Bertz CT molecular complexity index is 1050. The van der Waals surface area contributed by atoms with Crippen LogP contribution in [-0.4, -0.2) is 53.0 Å². The quantitative estimate of drug-likeness (QED) is 0.712. The Balaban J connectivity index is 0.00000153. The van der Waals surface area contributed by atoms with E-state index in [2.05, 4.69) is 48.3 Å². The van der Waals surface area contributed by atoms with E-state index >= 15 is 0 Å². The lowest BCUT2D eigenvalue weighted by atomic mass is 9.84. The summed E-state index contributed by atoms with van der Waals surface area (Å²) < 4.78 is 2.01. The summed E-state index contributed by atoms with van der Waals surface area (Å²) in [7, 11) is 0. The molecule has 6 nitrogen and oxygen atoms in total. The van der Waals surface area contributed by atoms with Crippen LogP contribution in [0.4, 0.5) is 0 Å². The van der Waals surface area contributed by atoms with Crippen LogP contribution in [0.5, 0.6) is 0 Å². The molecule has 2 bridgehead atoms. The molecule has 2 saturated heterocycles. The lowest BCUT2D eigenvalue weighted by Crippen LogP contribution is -2.50. The molecular formula is C25H34Cl2N4O2. The van der Waals surface area contributed by atoms with Crippen molar-refractivity contribution in [2.75, 3.05) is 32.7 Å². The summed E-state index contributed by atoms with van der Waals surface area (Å²) in [6, 6.07) is 10.6. The Labute approximate surface area is 208 Å². The number of piperidine rings is 1. The highest BCUT2D eigenvalue weighted by molar-refractivity contribution is 5.85. The molecule has 1 aromatic carbocycles. The van der Waals surface area contributed by atoms with E-state index in [1.165, 1.54) is 28.8 Å². The van der Waals surface area contributed by atoms with Crippen molar-refractivity contribution in [2.24, 2.45) is 5.92 Å². The van der Waals surface area contributed by atoms with Crippen LogP contribution in [-0.2, 0) is 24.4 Å². The third-order valence-corrected chi connectivity index (χ3v) is 7.03. The van der Waals surface area contributed by atoms with E-state index < -0.39 is 0 Å². The van der Waals surface area contributed by atoms with Gasteiger partial charge in [0.05, 0.1) is 6.54 Å². The molecule has 3 aliphatic rings. The van der Waals surface area contributed by atoms with Crippen molar-refractivity contribution in [2.45, 2.75) is 45.8 Å². The number of nitrogens with one attached hydrogen (secondary N) is 1. The maximum absolute atomic E-state index is 13.2. The van der Waals surface area contributed by atoms with Crippen molar-refractivity contribution in [3.8, 4) is 0 Å². The minimum atomic E-state index is 0. The van der Waals surface area contributed by atoms with Gasteiger partial charge in [0.1, 0.15) is 0 Å². The zero-order valence-electron chi connectivity index (χ0n) is 19.4. The SMILES string of the molecule is Cc1cc(C)cc(CN2CCN(Cc3ccc4n(c3=O)C[C@@H]3CNC[C@H]4C3)CC2=O)c1.Cl.Cl. The molecule has 0 saturated carbocycles. The number of hydrogen-bond donors (Lipinski definition) is 1. The second kappa shape index (κ2) is 10.6. The standard InChI is InChI=1S/C25H32N4O2.2ClH/c1-17-7-18(2)9-19(8-17)13-28-6-5-27(16-24(28)30)15-21-3-4-23-22-10-20(11-26-12-22)14-29(23)25(21)31;;/h3-4,7-9,20,22,26H,5-6,10-16H2,1-2H3;2*1H/t20-,22+;;/m0../s1. The number of carbonyl (C=O) groups is 1. The molecule has 2 fully saturated rings. The van der Waals surface area contributed by atoms with E-state index in [9.17, 15) is 9.59 Å². The smallest absolute Gasteiger partial charge is 0.255 e. The molecule has 8 heteroatoms. The average Bonchev–Trinajstić information content (AvgIpc) is 2.72. The molecule has 2 atom stereocenters. The summed E-state index contributed by atoms with van der Waals surface area (Å²) >= 11 is 0. The van der Waals surface area contributed by atoms with Crippen LogP contribution in [0.1, 0.15) is 40.3 Å². The van der Waals surface area contributed by atoms with Crippen LogP contribution < -0.4 is 10.9 Å². The number of pyridine rings is 1. The highest BCUT2D eigenvalue weighted by atomic mass is 35.5. The van der Waals surface area contributed by atoms with Gasteiger partial charge in [0, 0.05) is 56.4 Å². The van der Waals surface area contributed by atoms with Crippen LogP contribution in [0.2, 0.25) is 0 Å². The first-order valence-electron chi connectivity index (χ1n) is 11.5. The molecule has 0 unspecified atom stereocenters. The molecule has 0 aliphatic carbocycles. The van der Waals surface area contributed by atoms with E-state index in [-0.39, 0.29) is 36.3 Å². The van der Waals surface area contributed by atoms with Gasteiger partial charge in [-0.25, -0.2) is 0 Å². The molecule has 33 heavy (non-hydrogen) atoms. The maximum Gasteiger partial charge on any atom is 0.255 e. The van der Waals surface area contributed by atoms with Gasteiger partial charge < -0.3 is 14.8 Å². The van der Waals surface area contributed by atoms with E-state index in [0.29, 0.717) is 38.0 Å². The zero-order valence-corrected chi connectivity index (χ0v) is 21.0. The summed E-state index contributed by atoms with van der Waals surface area (Å²) in [5.74, 6) is 1.14. The molecule has 3 aliphatic heterocycles. The van der Waals surface area contributed by atoms with Crippen LogP contribution >= 0.6 is 24.8 Å². The Morgan fingerprint density at radius 1 is 0.970 bits per heavy atom. The average molecular weight is 493 g/mol. The lowest BCUT2D eigenvalue weighted by Gasteiger charge is -2.38. The molecule has 1 aromatic heterocycles. The molecule has 2 aromatic rings. The monoisotopic (exact) mass is 492 g/mol. The molecule has 180 valence electrons. The maximum atomic E-state index is 13.2. The first-order valence-corrected chi connectivity index (χ1v) is 11.5. The number of hydrogen-bond acceptors (Lipinski definition) is 4. The van der Waals surface area contributed by atoms with Gasteiger partial charge in [-0.3, -0.25) is 14.5 Å². The van der Waals surface area contributed by atoms with Gasteiger partial charge in [-0.1, -0.05) is 35.4 Å². The van der Waals surface area contributed by atoms with Gasteiger partial charge >= 0.3 is 0 Å². The number of aryl methyl sites for hydroxylation is 2. The number of halogens is 2. The first-order chi connectivity index (χ1) is 15.0. The number of rotatable bonds is 4. The van der Waals surface area contributed by atoms with Crippen LogP contribution in [0.15, 0.2) is 35.1 Å². The number of aromatic nitrogens is 1. The second-order valence-electron chi connectivity index (χ2n) is 9.68. The van der Waals surface area contributed by atoms with E-state index in [1.54, 1.807) is 0 Å². The highest BCUT2D eigenvalue weighted by Crippen LogP contribution is 2.31. The largest absolute Gasteiger partial charge is 0.336 e. The Morgan fingerprint density at radius 2 is 1.73 bits per heavy atom. The van der Waals surface area contributed by atoms with Crippen molar-refractivity contribution in [1.29, 1.82) is 0 Å². The lowest BCUT2D eigenvalue weighted by molar-refractivity contribution is -0.136. The Morgan fingerprint density at radius 3 is 2.45 bits per heavy atom. The van der Waals surface area contributed by atoms with Crippen molar-refractivity contribution >= 4 is 30.7 Å². The highest BCUT2D eigenvalue weighted by Gasteiger charge is 2.32. The van der Waals surface area contributed by atoms with Gasteiger partial charge in [0.25, 0.3) is 5.56 Å². The topological polar surface area (TPSA) is 57.6 Å². The van der Waals surface area contributed by atoms with Crippen molar-refractivity contribution in [3.05, 3.63) is 68.6 Å². The number of nitrogens with zero attached hydrogens (tertiary/aromatic N) is 3. The third kappa shape index (κ3) is 5.46. The van der Waals surface area contributed by atoms with Crippen molar-refractivity contribution in [1.82, 2.24) is 19.7 Å². The fourth-order valence-electron chi connectivity index (χ4n) is 5.64. The van der Waals surface area contributed by atoms with Crippen LogP contribution in [0.25, 0.3) is 0 Å². The van der Waals surface area contributed by atoms with E-state index in [1.807, 2.05) is 15.5 Å². The molecule has 5 rings (SSSR count). The summed E-state index contributed by atoms with van der Waals surface area (Å²) in [6.45, 7) is 10.1. The number of piperazine rings is 1. The number of benzene rings is 1. The molecular weight excluding hydrogens is 459 g/mol. The third-order valence-electron chi connectivity index (χ3n) is 7.03. The van der Waals surface area contributed by atoms with Gasteiger partial charge in [-0.15, -0.1) is 24.8 Å². The number of fused-ring (bicyclic) bond motifs is 4. The van der Waals surface area contributed by atoms with Crippen LogP contribution in [0.3, 0.4) is 0 Å². The minimum absolute atomic E-state index is 0. The summed E-state index contributed by atoms with van der Waals surface area (Å²) in [5, 5.41) is 3.49. The van der Waals surface area contributed by atoms with Crippen molar-refractivity contribution < 1.29 is 4.79 Å². The van der Waals surface area contributed by atoms with Crippen LogP contribution in [0, 0.1) is 19.8 Å². The van der Waals surface area contributed by atoms with Gasteiger partial charge in [-0.2, -0.15) is 0 Å². The Hall–Kier alpha value is -1.86. The zero-order chi connectivity index (χ0) is 21.5. The summed E-state index contributed by atoms with van der Waals surface area (Å²) in [4.78, 5) is 30.1. The Kier molecular flexibility index (Phi) is 8.27. The number of amides is 1. The second-order valence-corrected chi connectivity index (χ2v) is 9.68. The fourth-order valence-corrected chi connectivity index (χ4v) is 5.64. The van der Waals surface area contributed by atoms with E-state index in [4.69, 9.17) is 0 Å².